The van der Waals surface area contributed by atoms with Gasteiger partial charge in [-0.25, -0.2) is 0 Å². The summed E-state index contributed by atoms with van der Waals surface area (Å²) in [5.74, 6) is 0. The summed E-state index contributed by atoms with van der Waals surface area (Å²) in [6.45, 7) is 0. The minimum atomic E-state index is -4.35. The van der Waals surface area contributed by atoms with Gasteiger partial charge in [-0.3, -0.25) is 10.1 Å². The lowest BCUT2D eigenvalue weighted by atomic mass is 10.1. The first kappa shape index (κ1) is 15.5. The summed E-state index contributed by atoms with van der Waals surface area (Å²) in [7, 11) is 1.71. The minimum Gasteiger partial charge on any atom is -0.298 e. The lowest BCUT2D eigenvalue weighted by Gasteiger charge is -2.06. The summed E-state index contributed by atoms with van der Waals surface area (Å²) < 4.78 is 39.4. The monoisotopic (exact) mass is 335 g/mol. The summed E-state index contributed by atoms with van der Waals surface area (Å²) >= 11 is 1.50. The van der Waals surface area contributed by atoms with Crippen molar-refractivity contribution < 1.29 is 13.2 Å². The van der Waals surface area contributed by atoms with Gasteiger partial charge in [0.15, 0.2) is 0 Å². The Morgan fingerprint density at radius 2 is 1.87 bits per heavy atom. The molecular formula is C16H12F3N3S. The molecule has 2 heterocycles. The van der Waals surface area contributed by atoms with E-state index in [1.807, 2.05) is 16.8 Å². The second-order valence-electron chi connectivity index (χ2n) is 5.00. The summed E-state index contributed by atoms with van der Waals surface area (Å²) in [6.07, 6.45) is -4.35. The fourth-order valence-electron chi connectivity index (χ4n) is 2.23. The Bertz CT molecular complexity index is 831. The number of aromatic nitrogens is 2. The van der Waals surface area contributed by atoms with Gasteiger partial charge in [-0.05, 0) is 29.6 Å². The van der Waals surface area contributed by atoms with Crippen LogP contribution in [0, 0.1) is 5.41 Å². The lowest BCUT2D eigenvalue weighted by molar-refractivity contribution is -0.137. The predicted octanol–water partition coefficient (Wildman–Crippen LogP) is 4.58. The third-order valence-corrected chi connectivity index (χ3v) is 4.14. The maximum absolute atomic E-state index is 12.6. The first-order chi connectivity index (χ1) is 10.9. The number of rotatable bonds is 3. The smallest absolute Gasteiger partial charge is 0.298 e. The van der Waals surface area contributed by atoms with Crippen molar-refractivity contribution in [2.24, 2.45) is 7.05 Å². The van der Waals surface area contributed by atoms with Gasteiger partial charge < -0.3 is 0 Å². The molecule has 118 valence electrons. The normalized spacial score (nSPS) is 11.7. The average molecular weight is 335 g/mol. The maximum atomic E-state index is 12.6. The predicted molar refractivity (Wildman–Crippen MR) is 83.9 cm³/mol. The molecule has 3 nitrogen and oxygen atoms in total. The second kappa shape index (κ2) is 5.66. The minimum absolute atomic E-state index is 0.333. The molecule has 0 aliphatic heterocycles. The zero-order chi connectivity index (χ0) is 16.6. The third-order valence-electron chi connectivity index (χ3n) is 3.45. The van der Waals surface area contributed by atoms with Crippen LogP contribution in [-0.4, -0.2) is 15.5 Å². The van der Waals surface area contributed by atoms with Crippen molar-refractivity contribution in [3.63, 3.8) is 0 Å². The molecule has 0 aliphatic carbocycles. The van der Waals surface area contributed by atoms with E-state index in [1.54, 1.807) is 17.8 Å². The molecule has 1 N–H and O–H groups in total. The summed E-state index contributed by atoms with van der Waals surface area (Å²) in [6, 6.07) is 8.41. The van der Waals surface area contributed by atoms with Crippen molar-refractivity contribution >= 4 is 17.0 Å². The van der Waals surface area contributed by atoms with Gasteiger partial charge in [0.2, 0.25) is 0 Å². The van der Waals surface area contributed by atoms with Crippen molar-refractivity contribution in [3.8, 4) is 11.3 Å². The molecule has 3 rings (SSSR count). The number of nitrogens with zero attached hydrogens (tertiary/aromatic N) is 2. The molecule has 23 heavy (non-hydrogen) atoms. The van der Waals surface area contributed by atoms with Gasteiger partial charge in [-0.2, -0.15) is 29.6 Å². The fraction of sp³-hybridized carbons (Fsp3) is 0.125. The number of hydrogen-bond acceptors (Lipinski definition) is 3. The number of aryl methyl sites for hydroxylation is 1. The SMILES string of the molecule is Cn1nc(-c2ccc(C(F)(F)F)cc2)cc1C(=N)c1ccsc1. The molecular weight excluding hydrogens is 323 g/mol. The van der Waals surface area contributed by atoms with E-state index in [2.05, 4.69) is 5.10 Å². The first-order valence-electron chi connectivity index (χ1n) is 6.69. The van der Waals surface area contributed by atoms with Crippen LogP contribution in [0.5, 0.6) is 0 Å². The van der Waals surface area contributed by atoms with E-state index < -0.39 is 11.7 Å². The van der Waals surface area contributed by atoms with Crippen LogP contribution in [-0.2, 0) is 13.2 Å². The molecule has 0 aliphatic rings. The highest BCUT2D eigenvalue weighted by atomic mass is 32.1. The molecule has 3 aromatic rings. The van der Waals surface area contributed by atoms with Gasteiger partial charge in [-0.1, -0.05) is 12.1 Å². The molecule has 0 fully saturated rings. The topological polar surface area (TPSA) is 41.7 Å². The second-order valence-corrected chi connectivity index (χ2v) is 5.78. The van der Waals surface area contributed by atoms with Crippen LogP contribution < -0.4 is 0 Å². The van der Waals surface area contributed by atoms with Crippen molar-refractivity contribution in [2.75, 3.05) is 0 Å². The molecule has 0 amide bonds. The van der Waals surface area contributed by atoms with E-state index in [0.29, 0.717) is 22.7 Å². The number of benzene rings is 1. The molecule has 2 aromatic heterocycles. The summed E-state index contributed by atoms with van der Waals surface area (Å²) in [4.78, 5) is 0. The van der Waals surface area contributed by atoms with Crippen LogP contribution in [0.25, 0.3) is 11.3 Å². The third kappa shape index (κ3) is 3.05. The Morgan fingerprint density at radius 1 is 1.17 bits per heavy atom. The Kier molecular flexibility index (Phi) is 3.81. The van der Waals surface area contributed by atoms with Crippen LogP contribution in [0.15, 0.2) is 47.2 Å². The van der Waals surface area contributed by atoms with Gasteiger partial charge in [0.1, 0.15) is 0 Å². The van der Waals surface area contributed by atoms with Gasteiger partial charge in [0.25, 0.3) is 0 Å². The molecule has 0 atom stereocenters. The largest absolute Gasteiger partial charge is 0.416 e. The highest BCUT2D eigenvalue weighted by Crippen LogP contribution is 2.31. The van der Waals surface area contributed by atoms with Gasteiger partial charge in [-0.15, -0.1) is 0 Å². The van der Waals surface area contributed by atoms with Gasteiger partial charge >= 0.3 is 6.18 Å². The Balaban J connectivity index is 1.93. The van der Waals surface area contributed by atoms with Crippen LogP contribution in [0.4, 0.5) is 13.2 Å². The quantitative estimate of drug-likeness (QED) is 0.699. The summed E-state index contributed by atoms with van der Waals surface area (Å²) in [5, 5.41) is 16.3. The van der Waals surface area contributed by atoms with Crippen molar-refractivity contribution in [3.05, 3.63) is 64.0 Å². The summed E-state index contributed by atoms with van der Waals surface area (Å²) in [5.41, 5.74) is 2.16. The van der Waals surface area contributed by atoms with Crippen molar-refractivity contribution in [2.45, 2.75) is 6.18 Å². The van der Waals surface area contributed by atoms with Crippen molar-refractivity contribution in [1.82, 2.24) is 9.78 Å². The standard InChI is InChI=1S/C16H12F3N3S/c1-22-14(15(20)11-6-7-23-9-11)8-13(21-22)10-2-4-12(5-3-10)16(17,18)19/h2-9,20H,1H3. The van der Waals surface area contributed by atoms with Crippen LogP contribution in [0.1, 0.15) is 16.8 Å². The number of alkyl halides is 3. The first-order valence-corrected chi connectivity index (χ1v) is 7.63. The maximum Gasteiger partial charge on any atom is 0.416 e. The zero-order valence-corrected chi connectivity index (χ0v) is 12.9. The highest BCUT2D eigenvalue weighted by molar-refractivity contribution is 7.08. The van der Waals surface area contributed by atoms with Crippen LogP contribution in [0.2, 0.25) is 0 Å². The number of hydrogen-bond donors (Lipinski definition) is 1. The Hall–Kier alpha value is -2.41. The van der Waals surface area contributed by atoms with Crippen LogP contribution >= 0.6 is 11.3 Å². The average Bonchev–Trinajstić information content (AvgIpc) is 3.15. The van der Waals surface area contributed by atoms with E-state index in [1.165, 1.54) is 23.5 Å². The Labute approximate surface area is 134 Å². The lowest BCUT2D eigenvalue weighted by Crippen LogP contribution is -2.07. The molecule has 7 heteroatoms. The van der Waals surface area contributed by atoms with Crippen molar-refractivity contribution in [1.29, 1.82) is 5.41 Å². The Morgan fingerprint density at radius 3 is 2.43 bits per heavy atom. The molecule has 0 saturated carbocycles. The molecule has 0 bridgehead atoms. The van der Waals surface area contributed by atoms with E-state index in [9.17, 15) is 13.2 Å². The highest BCUT2D eigenvalue weighted by Gasteiger charge is 2.30. The molecule has 0 spiro atoms. The molecule has 1 aromatic carbocycles. The van der Waals surface area contributed by atoms with Crippen LogP contribution in [0.3, 0.4) is 0 Å². The molecule has 0 unspecified atom stereocenters. The number of halogens is 3. The van der Waals surface area contributed by atoms with E-state index in [4.69, 9.17) is 5.41 Å². The van der Waals surface area contributed by atoms with Gasteiger partial charge in [0.05, 0.1) is 22.7 Å². The van der Waals surface area contributed by atoms with E-state index >= 15 is 0 Å². The molecule has 0 radical (unpaired) electrons. The zero-order valence-electron chi connectivity index (χ0n) is 12.1. The van der Waals surface area contributed by atoms with E-state index in [-0.39, 0.29) is 0 Å². The number of nitrogens with one attached hydrogen (secondary N) is 1. The van der Waals surface area contributed by atoms with Gasteiger partial charge in [0, 0.05) is 23.6 Å². The van der Waals surface area contributed by atoms with E-state index in [0.717, 1.165) is 17.7 Å². The number of thiophene rings is 1. The molecule has 0 saturated heterocycles. The fourth-order valence-corrected chi connectivity index (χ4v) is 2.87.